The first-order valence-corrected chi connectivity index (χ1v) is 14.2. The minimum absolute atomic E-state index is 0.0990. The number of amides is 2. The smallest absolute Gasteiger partial charge is 0.244 e. The average Bonchev–Trinajstić information content (AvgIpc) is 2.86. The van der Waals surface area contributed by atoms with E-state index in [2.05, 4.69) is 5.32 Å². The summed E-state index contributed by atoms with van der Waals surface area (Å²) >= 11 is 0. The second-order valence-corrected chi connectivity index (χ2v) is 11.4. The lowest BCUT2D eigenvalue weighted by Crippen LogP contribution is -2.53. The van der Waals surface area contributed by atoms with E-state index in [1.54, 1.807) is 45.2 Å². The van der Waals surface area contributed by atoms with Crippen molar-refractivity contribution < 1.29 is 22.7 Å². The zero-order valence-electron chi connectivity index (χ0n) is 21.6. The largest absolute Gasteiger partial charge is 0.497 e. The molecule has 2 amide bonds. The number of nitrogens with zero attached hydrogens (tertiary/aromatic N) is 2. The summed E-state index contributed by atoms with van der Waals surface area (Å²) in [5, 5.41) is 3.10. The Kier molecular flexibility index (Phi) is 9.37. The van der Waals surface area contributed by atoms with Crippen molar-refractivity contribution in [3.05, 3.63) is 59.7 Å². The molecule has 0 aromatic heterocycles. The quantitative estimate of drug-likeness (QED) is 0.521. The number of methoxy groups -OCH3 is 1. The number of carbonyl (C=O) groups excluding carboxylic acids is 2. The number of sulfonamides is 1. The molecule has 36 heavy (non-hydrogen) atoms. The number of anilines is 1. The first-order valence-electron chi connectivity index (χ1n) is 12.4. The zero-order chi connectivity index (χ0) is 26.3. The van der Waals surface area contributed by atoms with Gasteiger partial charge in [0.2, 0.25) is 21.8 Å². The lowest BCUT2D eigenvalue weighted by molar-refractivity contribution is -0.139. The van der Waals surface area contributed by atoms with Gasteiger partial charge >= 0.3 is 0 Å². The van der Waals surface area contributed by atoms with Gasteiger partial charge in [0.15, 0.2) is 0 Å². The molecule has 1 fully saturated rings. The summed E-state index contributed by atoms with van der Waals surface area (Å²) in [6, 6.07) is 13.6. The number of carbonyl (C=O) groups is 2. The van der Waals surface area contributed by atoms with Gasteiger partial charge in [-0.3, -0.25) is 13.9 Å². The van der Waals surface area contributed by atoms with Gasteiger partial charge in [-0.05, 0) is 56.0 Å². The summed E-state index contributed by atoms with van der Waals surface area (Å²) in [7, 11) is -2.19. The third-order valence-electron chi connectivity index (χ3n) is 6.67. The molecule has 8 nitrogen and oxygen atoms in total. The predicted molar refractivity (Wildman–Crippen MR) is 141 cm³/mol. The van der Waals surface area contributed by atoms with Crippen LogP contribution in [0.1, 0.15) is 50.2 Å². The Morgan fingerprint density at radius 2 is 1.78 bits per heavy atom. The van der Waals surface area contributed by atoms with E-state index in [1.807, 2.05) is 24.3 Å². The fraction of sp³-hybridized carbons (Fsp3) is 0.481. The lowest BCUT2D eigenvalue weighted by Gasteiger charge is -2.33. The number of hydrogen-bond acceptors (Lipinski definition) is 5. The Labute approximate surface area is 214 Å². The molecule has 2 aromatic carbocycles. The summed E-state index contributed by atoms with van der Waals surface area (Å²) in [5.74, 6) is -0.0605. The molecular weight excluding hydrogens is 478 g/mol. The fourth-order valence-electron chi connectivity index (χ4n) is 4.56. The van der Waals surface area contributed by atoms with E-state index in [-0.39, 0.29) is 18.5 Å². The molecule has 1 aliphatic rings. The fourth-order valence-corrected chi connectivity index (χ4v) is 5.46. The normalized spacial score (nSPS) is 15.1. The molecule has 0 heterocycles. The second-order valence-electron chi connectivity index (χ2n) is 9.45. The Balaban J connectivity index is 1.89. The molecule has 0 bridgehead atoms. The Morgan fingerprint density at radius 1 is 1.08 bits per heavy atom. The van der Waals surface area contributed by atoms with E-state index >= 15 is 0 Å². The van der Waals surface area contributed by atoms with Crippen molar-refractivity contribution in [1.82, 2.24) is 10.2 Å². The first-order chi connectivity index (χ1) is 17.1. The van der Waals surface area contributed by atoms with E-state index in [0.29, 0.717) is 11.4 Å². The Bertz CT molecular complexity index is 1160. The zero-order valence-corrected chi connectivity index (χ0v) is 22.4. The molecule has 0 spiro atoms. The summed E-state index contributed by atoms with van der Waals surface area (Å²) in [5.41, 5.74) is 1.95. The van der Waals surface area contributed by atoms with Gasteiger partial charge in [-0.15, -0.1) is 0 Å². The second kappa shape index (κ2) is 12.3. The minimum Gasteiger partial charge on any atom is -0.497 e. The van der Waals surface area contributed by atoms with Crippen LogP contribution in [-0.4, -0.2) is 57.1 Å². The number of hydrogen-bond donors (Lipinski definition) is 1. The molecule has 1 unspecified atom stereocenters. The van der Waals surface area contributed by atoms with Crippen molar-refractivity contribution in [2.24, 2.45) is 0 Å². The molecule has 1 saturated carbocycles. The van der Waals surface area contributed by atoms with Crippen LogP contribution in [0, 0.1) is 6.92 Å². The van der Waals surface area contributed by atoms with Crippen molar-refractivity contribution in [3.63, 3.8) is 0 Å². The minimum atomic E-state index is -3.76. The number of ether oxygens (including phenoxy) is 1. The molecular formula is C27H37N3O5S. The molecule has 2 aromatic rings. The predicted octanol–water partition coefficient (Wildman–Crippen LogP) is 3.64. The number of rotatable bonds is 10. The Morgan fingerprint density at radius 3 is 2.42 bits per heavy atom. The van der Waals surface area contributed by atoms with Crippen molar-refractivity contribution in [2.45, 2.75) is 64.6 Å². The monoisotopic (exact) mass is 515 g/mol. The number of benzene rings is 2. The van der Waals surface area contributed by atoms with E-state index in [4.69, 9.17) is 4.74 Å². The van der Waals surface area contributed by atoms with Gasteiger partial charge < -0.3 is 15.0 Å². The van der Waals surface area contributed by atoms with E-state index < -0.39 is 28.5 Å². The standard InChI is InChI=1S/C27H37N3O5S/c1-20-11-8-9-16-25(20)30(36(4,33)34)19-26(31)29(18-22-12-10-15-24(17-22)35-3)21(2)27(32)28-23-13-6-5-7-14-23/h8-12,15-17,21,23H,5-7,13-14,18-19H2,1-4H3,(H,28,32). The van der Waals surface area contributed by atoms with Gasteiger partial charge in [0.05, 0.1) is 19.1 Å². The Hall–Kier alpha value is -3.07. The van der Waals surface area contributed by atoms with Gasteiger partial charge in [0.1, 0.15) is 18.3 Å². The average molecular weight is 516 g/mol. The summed E-state index contributed by atoms with van der Waals surface area (Å²) in [6.45, 7) is 3.22. The summed E-state index contributed by atoms with van der Waals surface area (Å²) in [4.78, 5) is 28.4. The van der Waals surface area contributed by atoms with Gasteiger partial charge in [0, 0.05) is 12.6 Å². The van der Waals surface area contributed by atoms with E-state index in [9.17, 15) is 18.0 Å². The van der Waals surface area contributed by atoms with Gasteiger partial charge in [-0.1, -0.05) is 49.6 Å². The third kappa shape index (κ3) is 7.22. The molecule has 0 saturated heterocycles. The SMILES string of the molecule is COc1cccc(CN(C(=O)CN(c2ccccc2C)S(C)(=O)=O)C(C)C(=O)NC2CCCCC2)c1. The highest BCUT2D eigenvalue weighted by Crippen LogP contribution is 2.24. The third-order valence-corrected chi connectivity index (χ3v) is 7.80. The van der Waals surface area contributed by atoms with E-state index in [0.717, 1.165) is 47.4 Å². The van der Waals surface area contributed by atoms with Crippen LogP contribution in [0.15, 0.2) is 48.5 Å². The highest BCUT2D eigenvalue weighted by atomic mass is 32.2. The first kappa shape index (κ1) is 27.5. The lowest BCUT2D eigenvalue weighted by atomic mass is 9.95. The van der Waals surface area contributed by atoms with E-state index in [1.165, 1.54) is 11.3 Å². The topological polar surface area (TPSA) is 96.0 Å². The van der Waals surface area contributed by atoms with Gasteiger partial charge in [0.25, 0.3) is 0 Å². The molecule has 9 heteroatoms. The molecule has 1 atom stereocenters. The van der Waals surface area contributed by atoms with Crippen LogP contribution in [-0.2, 0) is 26.2 Å². The molecule has 1 N–H and O–H groups in total. The molecule has 196 valence electrons. The summed E-state index contributed by atoms with van der Waals surface area (Å²) < 4.78 is 31.8. The highest BCUT2D eigenvalue weighted by molar-refractivity contribution is 7.92. The van der Waals surface area contributed by atoms with Crippen LogP contribution in [0.5, 0.6) is 5.75 Å². The van der Waals surface area contributed by atoms with Gasteiger partial charge in [-0.2, -0.15) is 0 Å². The van der Waals surface area contributed by atoms with Crippen molar-refractivity contribution >= 4 is 27.5 Å². The molecule has 0 aliphatic heterocycles. The maximum Gasteiger partial charge on any atom is 0.244 e. The van der Waals surface area contributed by atoms with Crippen molar-refractivity contribution in [2.75, 3.05) is 24.2 Å². The van der Waals surface area contributed by atoms with Crippen LogP contribution in [0.25, 0.3) is 0 Å². The van der Waals surface area contributed by atoms with Crippen molar-refractivity contribution in [3.8, 4) is 5.75 Å². The summed E-state index contributed by atoms with van der Waals surface area (Å²) in [6.07, 6.45) is 6.26. The number of para-hydroxylation sites is 1. The highest BCUT2D eigenvalue weighted by Gasteiger charge is 2.31. The van der Waals surface area contributed by atoms with Crippen LogP contribution >= 0.6 is 0 Å². The van der Waals surface area contributed by atoms with Crippen LogP contribution < -0.4 is 14.4 Å². The van der Waals surface area contributed by atoms with Crippen LogP contribution in [0.3, 0.4) is 0 Å². The maximum atomic E-state index is 13.7. The van der Waals surface area contributed by atoms with Crippen LogP contribution in [0.2, 0.25) is 0 Å². The van der Waals surface area contributed by atoms with Gasteiger partial charge in [-0.25, -0.2) is 8.42 Å². The molecule has 1 aliphatic carbocycles. The maximum absolute atomic E-state index is 13.7. The molecule has 3 rings (SSSR count). The molecule has 0 radical (unpaired) electrons. The van der Waals surface area contributed by atoms with Crippen molar-refractivity contribution in [1.29, 1.82) is 0 Å². The number of nitrogens with one attached hydrogen (secondary N) is 1. The number of aryl methyl sites for hydroxylation is 1. The van der Waals surface area contributed by atoms with Crippen LogP contribution in [0.4, 0.5) is 5.69 Å².